The van der Waals surface area contributed by atoms with Crippen LogP contribution in [0.1, 0.15) is 12.8 Å². The number of amides is 1. The summed E-state index contributed by atoms with van der Waals surface area (Å²) in [6.45, 7) is 5.33. The molecule has 0 unspecified atom stereocenters. The number of carbonyl (C=O) groups is 1. The number of hydrogen-bond acceptors (Lipinski definition) is 8. The van der Waals surface area contributed by atoms with Crippen LogP contribution in [0, 0.1) is 0 Å². The van der Waals surface area contributed by atoms with Crippen LogP contribution in [0.25, 0.3) is 22.3 Å². The van der Waals surface area contributed by atoms with Crippen LogP contribution in [0.15, 0.2) is 55.5 Å². The van der Waals surface area contributed by atoms with Gasteiger partial charge in [0.2, 0.25) is 11.9 Å². The van der Waals surface area contributed by atoms with Crippen molar-refractivity contribution >= 4 is 51.6 Å². The second-order valence-corrected chi connectivity index (χ2v) is 10.4. The number of methoxy groups -OCH3 is 1. The number of aromatic nitrogens is 4. The molecule has 0 atom stereocenters. The lowest BCUT2D eigenvalue weighted by atomic mass is 10.0. The van der Waals surface area contributed by atoms with Gasteiger partial charge in [-0.3, -0.25) is 4.79 Å². The van der Waals surface area contributed by atoms with Gasteiger partial charge in [-0.1, -0.05) is 18.2 Å². The lowest BCUT2D eigenvalue weighted by molar-refractivity contribution is -0.111. The number of halogens is 1. The Morgan fingerprint density at radius 1 is 1.18 bits per heavy atom. The molecule has 1 amide bonds. The molecule has 1 aliphatic rings. The smallest absolute Gasteiger partial charge is 0.247 e. The van der Waals surface area contributed by atoms with Crippen LogP contribution in [-0.2, 0) is 11.8 Å². The minimum atomic E-state index is -0.297. The van der Waals surface area contributed by atoms with Gasteiger partial charge < -0.3 is 29.7 Å². The lowest BCUT2D eigenvalue weighted by Gasteiger charge is -2.37. The highest BCUT2D eigenvalue weighted by Crippen LogP contribution is 2.40. The summed E-state index contributed by atoms with van der Waals surface area (Å²) in [5.41, 5.74) is 4.32. The van der Waals surface area contributed by atoms with Crippen LogP contribution in [0.4, 0.5) is 23.0 Å². The minimum absolute atomic E-state index is 0.297. The molecule has 4 aromatic rings. The molecular weight excluding hydrogens is 528 g/mol. The molecule has 5 rings (SSSR count). The summed E-state index contributed by atoms with van der Waals surface area (Å²) in [4.78, 5) is 30.5. The molecular formula is C29H33ClN8O2. The molecule has 0 aliphatic carbocycles. The van der Waals surface area contributed by atoms with Crippen molar-refractivity contribution in [1.82, 2.24) is 24.4 Å². The highest BCUT2D eigenvalue weighted by Gasteiger charge is 2.24. The van der Waals surface area contributed by atoms with Crippen LogP contribution < -0.4 is 20.3 Å². The number of fused-ring (bicyclic) bond motifs is 1. The summed E-state index contributed by atoms with van der Waals surface area (Å²) in [6.07, 6.45) is 8.56. The molecule has 40 heavy (non-hydrogen) atoms. The summed E-state index contributed by atoms with van der Waals surface area (Å²) in [7, 11) is 7.78. The third kappa shape index (κ3) is 5.59. The van der Waals surface area contributed by atoms with E-state index in [1.807, 2.05) is 42.1 Å². The van der Waals surface area contributed by atoms with E-state index in [2.05, 4.69) is 51.1 Å². The number of ether oxygens (including phenoxy) is 1. The van der Waals surface area contributed by atoms with Gasteiger partial charge in [0.1, 0.15) is 11.4 Å². The number of rotatable bonds is 8. The summed E-state index contributed by atoms with van der Waals surface area (Å²) in [5, 5.41) is 7.60. The first kappa shape index (κ1) is 27.4. The number of hydrogen-bond donors (Lipinski definition) is 2. The Kier molecular flexibility index (Phi) is 7.90. The van der Waals surface area contributed by atoms with Gasteiger partial charge in [0, 0.05) is 55.6 Å². The van der Waals surface area contributed by atoms with E-state index >= 15 is 0 Å². The van der Waals surface area contributed by atoms with Crippen LogP contribution >= 0.6 is 11.6 Å². The van der Waals surface area contributed by atoms with E-state index in [4.69, 9.17) is 21.3 Å². The molecule has 0 saturated carbocycles. The van der Waals surface area contributed by atoms with Crippen molar-refractivity contribution in [3.63, 3.8) is 0 Å². The van der Waals surface area contributed by atoms with Crippen molar-refractivity contribution in [1.29, 1.82) is 0 Å². The second-order valence-electron chi connectivity index (χ2n) is 10.0. The van der Waals surface area contributed by atoms with Crippen molar-refractivity contribution in [2.45, 2.75) is 18.9 Å². The predicted molar refractivity (Wildman–Crippen MR) is 161 cm³/mol. The molecule has 10 nitrogen and oxygen atoms in total. The van der Waals surface area contributed by atoms with Crippen molar-refractivity contribution in [2.24, 2.45) is 7.05 Å². The first-order valence-electron chi connectivity index (χ1n) is 13.0. The van der Waals surface area contributed by atoms with Gasteiger partial charge in [0.05, 0.1) is 41.1 Å². The summed E-state index contributed by atoms with van der Waals surface area (Å²) in [5.74, 6) is 0.620. The number of benzene rings is 1. The number of nitrogens with one attached hydrogen (secondary N) is 2. The zero-order chi connectivity index (χ0) is 28.4. The maximum absolute atomic E-state index is 12.4. The zero-order valence-electron chi connectivity index (χ0n) is 23.1. The maximum Gasteiger partial charge on any atom is 0.247 e. The summed E-state index contributed by atoms with van der Waals surface area (Å²) >= 11 is 6.51. The van der Waals surface area contributed by atoms with E-state index in [-0.39, 0.29) is 5.91 Å². The van der Waals surface area contributed by atoms with Gasteiger partial charge in [-0.25, -0.2) is 15.0 Å². The number of piperidine rings is 1. The zero-order valence-corrected chi connectivity index (χ0v) is 23.9. The topological polar surface area (TPSA) is 100 Å². The summed E-state index contributed by atoms with van der Waals surface area (Å²) < 4.78 is 7.71. The molecule has 3 aromatic heterocycles. The fourth-order valence-corrected chi connectivity index (χ4v) is 5.24. The monoisotopic (exact) mass is 560 g/mol. The summed E-state index contributed by atoms with van der Waals surface area (Å²) in [6, 6.07) is 8.29. The normalized spacial score (nSPS) is 14.0. The van der Waals surface area contributed by atoms with Crippen molar-refractivity contribution in [2.75, 3.05) is 49.8 Å². The first-order valence-corrected chi connectivity index (χ1v) is 13.4. The molecule has 1 aliphatic heterocycles. The van der Waals surface area contributed by atoms with Gasteiger partial charge >= 0.3 is 0 Å². The predicted octanol–water partition coefficient (Wildman–Crippen LogP) is 5.09. The first-order chi connectivity index (χ1) is 19.3. The highest BCUT2D eigenvalue weighted by molar-refractivity contribution is 6.33. The number of aryl methyl sites for hydroxylation is 1. The molecule has 1 saturated heterocycles. The van der Waals surface area contributed by atoms with E-state index < -0.39 is 0 Å². The van der Waals surface area contributed by atoms with Crippen LogP contribution in [0.2, 0.25) is 5.02 Å². The second kappa shape index (κ2) is 11.5. The Bertz CT molecular complexity index is 1560. The largest absolute Gasteiger partial charge is 0.494 e. The van der Waals surface area contributed by atoms with Crippen LogP contribution in [0.5, 0.6) is 5.75 Å². The Morgan fingerprint density at radius 2 is 1.95 bits per heavy atom. The van der Waals surface area contributed by atoms with E-state index in [1.165, 1.54) is 6.08 Å². The van der Waals surface area contributed by atoms with Gasteiger partial charge in [0.15, 0.2) is 0 Å². The maximum atomic E-state index is 12.4. The Balaban J connectivity index is 1.48. The molecule has 0 spiro atoms. The molecule has 1 aromatic carbocycles. The average molecular weight is 561 g/mol. The van der Waals surface area contributed by atoms with E-state index in [0.29, 0.717) is 39.8 Å². The lowest BCUT2D eigenvalue weighted by Crippen LogP contribution is -2.42. The number of pyridine rings is 1. The van der Waals surface area contributed by atoms with Crippen molar-refractivity contribution < 1.29 is 9.53 Å². The minimum Gasteiger partial charge on any atom is -0.494 e. The molecule has 208 valence electrons. The van der Waals surface area contributed by atoms with Gasteiger partial charge in [0.25, 0.3) is 0 Å². The highest BCUT2D eigenvalue weighted by atomic mass is 35.5. The third-order valence-electron chi connectivity index (χ3n) is 7.27. The van der Waals surface area contributed by atoms with Gasteiger partial charge in [-0.15, -0.1) is 0 Å². The Morgan fingerprint density at radius 3 is 2.65 bits per heavy atom. The standard InChI is InChI=1S/C29H33ClN8O2/c1-6-26(39)33-22-14-23(25(40-5)15-24(22)38-11-8-20(9-12-38)36(2)3)34-29-32-17-21(30)27(35-29)19-13-18-7-10-37(4)28(18)31-16-19/h6-7,10,13-17,20H,1,8-9,11-12H2,2-5H3,(H,33,39)(H,32,34,35). The number of nitrogens with zero attached hydrogens (tertiary/aromatic N) is 6. The number of carbonyl (C=O) groups excluding carboxylic acids is 1. The fraction of sp³-hybridized carbons (Fsp3) is 0.310. The van der Waals surface area contributed by atoms with Crippen molar-refractivity contribution in [3.05, 3.63) is 60.5 Å². The molecule has 0 radical (unpaired) electrons. The van der Waals surface area contributed by atoms with Crippen LogP contribution in [-0.4, -0.2) is 70.7 Å². The molecule has 0 bridgehead atoms. The van der Waals surface area contributed by atoms with Crippen molar-refractivity contribution in [3.8, 4) is 17.0 Å². The van der Waals surface area contributed by atoms with E-state index in [1.54, 1.807) is 19.5 Å². The molecule has 4 heterocycles. The van der Waals surface area contributed by atoms with Gasteiger partial charge in [-0.2, -0.15) is 0 Å². The van der Waals surface area contributed by atoms with Crippen LogP contribution in [0.3, 0.4) is 0 Å². The van der Waals surface area contributed by atoms with E-state index in [9.17, 15) is 4.79 Å². The fourth-order valence-electron chi connectivity index (χ4n) is 5.04. The number of anilines is 4. The molecule has 11 heteroatoms. The third-order valence-corrected chi connectivity index (χ3v) is 7.54. The Labute approximate surface area is 238 Å². The van der Waals surface area contributed by atoms with E-state index in [0.717, 1.165) is 48.2 Å². The SMILES string of the molecule is C=CC(=O)Nc1cc(Nc2ncc(Cl)c(-c3cnc4c(ccn4C)c3)n2)c(OC)cc1N1CCC(N(C)C)CC1. The Hall–Kier alpha value is -4.15. The molecule has 2 N–H and O–H groups in total. The average Bonchev–Trinajstić information content (AvgIpc) is 3.33. The molecule has 1 fully saturated rings. The van der Waals surface area contributed by atoms with Gasteiger partial charge in [-0.05, 0) is 51.2 Å². The quantitative estimate of drug-likeness (QED) is 0.287.